The Bertz CT molecular complexity index is 1090. The Morgan fingerprint density at radius 3 is 2.65 bits per heavy atom. The van der Waals surface area contributed by atoms with E-state index in [1.54, 1.807) is 0 Å². The second-order valence-electron chi connectivity index (χ2n) is 7.71. The van der Waals surface area contributed by atoms with Crippen molar-refractivity contribution in [2.24, 2.45) is 0 Å². The van der Waals surface area contributed by atoms with Crippen LogP contribution in [0.5, 0.6) is 0 Å². The number of benzene rings is 1. The van der Waals surface area contributed by atoms with E-state index in [9.17, 15) is 5.26 Å². The molecule has 0 spiro atoms. The molecule has 0 saturated carbocycles. The summed E-state index contributed by atoms with van der Waals surface area (Å²) in [7, 11) is 2.11. The number of aromatic nitrogens is 1. The van der Waals surface area contributed by atoms with Crippen LogP contribution in [0.1, 0.15) is 41.2 Å². The Balaban J connectivity index is 1.99. The van der Waals surface area contributed by atoms with Crippen molar-refractivity contribution in [1.82, 2.24) is 9.88 Å². The van der Waals surface area contributed by atoms with E-state index in [-0.39, 0.29) is 0 Å². The van der Waals surface area contributed by atoms with Gasteiger partial charge in [0.15, 0.2) is 0 Å². The second-order valence-corrected chi connectivity index (χ2v) is 8.68. The summed E-state index contributed by atoms with van der Waals surface area (Å²) in [4.78, 5) is 13.2. The van der Waals surface area contributed by atoms with Crippen LogP contribution >= 0.6 is 11.8 Å². The molecule has 1 saturated heterocycles. The molecule has 3 rings (SSSR count). The van der Waals surface area contributed by atoms with Crippen LogP contribution in [0, 0.1) is 36.2 Å². The minimum Gasteiger partial charge on any atom is -0.364 e. The zero-order valence-electron chi connectivity index (χ0n) is 18.3. The minimum atomic E-state index is 0.513. The number of likely N-dealkylation sites (N-methyl/N-ethyl adjacent to an activating group) is 1. The summed E-state index contributed by atoms with van der Waals surface area (Å²) in [6.45, 7) is 15.3. The smallest absolute Gasteiger partial charge is 0.232 e. The fourth-order valence-corrected chi connectivity index (χ4v) is 4.79. The molecule has 0 amide bonds. The monoisotopic (exact) mass is 430 g/mol. The lowest BCUT2D eigenvalue weighted by Gasteiger charge is -2.25. The normalized spacial score (nSPS) is 14.4. The van der Waals surface area contributed by atoms with E-state index < -0.39 is 0 Å². The zero-order valence-corrected chi connectivity index (χ0v) is 19.1. The first-order chi connectivity index (χ1) is 15.0. The summed E-state index contributed by atoms with van der Waals surface area (Å²) in [5.74, 6) is 1.36. The molecule has 6 nitrogen and oxygen atoms in total. The van der Waals surface area contributed by atoms with Crippen LogP contribution in [0.3, 0.4) is 0 Å². The quantitative estimate of drug-likeness (QED) is 0.507. The molecule has 1 aliphatic heterocycles. The highest BCUT2D eigenvalue weighted by molar-refractivity contribution is 7.98. The third kappa shape index (κ3) is 5.00. The van der Waals surface area contributed by atoms with E-state index in [2.05, 4.69) is 33.8 Å². The molecule has 1 fully saturated rings. The number of nitriles is 2. The summed E-state index contributed by atoms with van der Waals surface area (Å²) in [6, 6.07) is 10.3. The molecule has 31 heavy (non-hydrogen) atoms. The fraction of sp³-hybridized carbons (Fsp3) is 0.417. The molecule has 0 unspecified atom stereocenters. The molecule has 0 radical (unpaired) electrons. The minimum absolute atomic E-state index is 0.513. The number of nitrogens with zero attached hydrogens (tertiary/aromatic N) is 6. The Morgan fingerprint density at radius 2 is 2.00 bits per heavy atom. The highest BCUT2D eigenvalue weighted by Crippen LogP contribution is 2.39. The lowest BCUT2D eigenvalue weighted by Crippen LogP contribution is -2.29. The summed E-state index contributed by atoms with van der Waals surface area (Å²) in [5.41, 5.74) is 4.52. The Morgan fingerprint density at radius 1 is 1.19 bits per heavy atom. The summed E-state index contributed by atoms with van der Waals surface area (Å²) in [5, 5.41) is 19.7. The van der Waals surface area contributed by atoms with Crippen molar-refractivity contribution < 1.29 is 0 Å². The lowest BCUT2D eigenvalue weighted by atomic mass is 10.1. The van der Waals surface area contributed by atoms with Gasteiger partial charge in [0, 0.05) is 25.4 Å². The number of thioether (sulfide) groups is 1. The molecule has 1 aromatic heterocycles. The zero-order chi connectivity index (χ0) is 22.4. The van der Waals surface area contributed by atoms with Gasteiger partial charge in [-0.15, -0.1) is 11.8 Å². The number of hydrogen-bond donors (Lipinski definition) is 0. The fourth-order valence-electron chi connectivity index (χ4n) is 3.84. The first-order valence-electron chi connectivity index (χ1n) is 10.4. The standard InChI is InChI=1S/C24H26N6S/c1-5-20-21(15-26)24(31-16-18-7-8-19(14-25)17(2)13-18)28-23(22(20)27-3)30-10-6-9-29(4)11-12-30/h7-8,13H,5-6,9-12,16H2,1-2,4H3. The number of hydrogen-bond acceptors (Lipinski definition) is 6. The Hall–Kier alpha value is -3.05. The molecular formula is C24H26N6S. The average Bonchev–Trinajstić information content (AvgIpc) is 3.00. The summed E-state index contributed by atoms with van der Waals surface area (Å²) >= 11 is 1.52. The van der Waals surface area contributed by atoms with E-state index in [1.165, 1.54) is 11.8 Å². The van der Waals surface area contributed by atoms with Gasteiger partial charge >= 0.3 is 0 Å². The predicted octanol–water partition coefficient (Wildman–Crippen LogP) is 4.68. The maximum absolute atomic E-state index is 9.88. The van der Waals surface area contributed by atoms with Gasteiger partial charge < -0.3 is 9.80 Å². The van der Waals surface area contributed by atoms with Crippen LogP contribution in [0.4, 0.5) is 11.5 Å². The third-order valence-corrected chi connectivity index (χ3v) is 6.65. The van der Waals surface area contributed by atoms with Crippen LogP contribution < -0.4 is 4.90 Å². The maximum atomic E-state index is 9.88. The summed E-state index contributed by atoms with van der Waals surface area (Å²) in [6.07, 6.45) is 1.64. The number of aryl methyl sites for hydroxylation is 1. The van der Waals surface area contributed by atoms with Crippen molar-refractivity contribution in [1.29, 1.82) is 10.5 Å². The predicted molar refractivity (Wildman–Crippen MR) is 124 cm³/mol. The molecule has 0 atom stereocenters. The van der Waals surface area contributed by atoms with Crippen molar-refractivity contribution in [3.63, 3.8) is 0 Å². The number of anilines is 1. The molecule has 2 heterocycles. The van der Waals surface area contributed by atoms with E-state index in [0.717, 1.165) is 49.3 Å². The van der Waals surface area contributed by atoms with Gasteiger partial charge in [0.1, 0.15) is 16.9 Å². The van der Waals surface area contributed by atoms with E-state index in [0.29, 0.717) is 39.8 Å². The topological polar surface area (TPSA) is 71.3 Å². The molecule has 158 valence electrons. The van der Waals surface area contributed by atoms with Crippen molar-refractivity contribution in [3.05, 3.63) is 57.4 Å². The Kier molecular flexibility index (Phi) is 7.53. The van der Waals surface area contributed by atoms with E-state index >= 15 is 0 Å². The van der Waals surface area contributed by atoms with Crippen molar-refractivity contribution >= 4 is 23.3 Å². The maximum Gasteiger partial charge on any atom is 0.232 e. The molecule has 0 N–H and O–H groups in total. The van der Waals surface area contributed by atoms with Gasteiger partial charge in [0.2, 0.25) is 5.69 Å². The largest absolute Gasteiger partial charge is 0.364 e. The van der Waals surface area contributed by atoms with Crippen LogP contribution in [0.2, 0.25) is 0 Å². The molecule has 7 heteroatoms. The van der Waals surface area contributed by atoms with Gasteiger partial charge in [-0.3, -0.25) is 0 Å². The van der Waals surface area contributed by atoms with Crippen LogP contribution in [0.15, 0.2) is 23.2 Å². The lowest BCUT2D eigenvalue weighted by molar-refractivity contribution is 0.360. The molecule has 0 bridgehead atoms. The number of rotatable bonds is 5. The van der Waals surface area contributed by atoms with Crippen LogP contribution in [0.25, 0.3) is 4.85 Å². The van der Waals surface area contributed by atoms with Gasteiger partial charge in [0.25, 0.3) is 0 Å². The third-order valence-electron chi connectivity index (χ3n) is 5.60. The van der Waals surface area contributed by atoms with E-state index in [1.807, 2.05) is 32.0 Å². The molecular weight excluding hydrogens is 404 g/mol. The molecule has 0 aliphatic carbocycles. The van der Waals surface area contributed by atoms with Crippen LogP contribution in [-0.2, 0) is 12.2 Å². The van der Waals surface area contributed by atoms with Gasteiger partial charge in [-0.25, -0.2) is 9.83 Å². The van der Waals surface area contributed by atoms with Gasteiger partial charge in [-0.05, 0) is 56.1 Å². The SMILES string of the molecule is [C-]#[N+]c1c(N2CCCN(C)CC2)nc(SCc2ccc(C#N)c(C)c2)c(C#N)c1CC. The highest BCUT2D eigenvalue weighted by atomic mass is 32.2. The van der Waals surface area contributed by atoms with E-state index in [4.69, 9.17) is 16.8 Å². The van der Waals surface area contributed by atoms with Crippen molar-refractivity contribution in [2.45, 2.75) is 37.5 Å². The van der Waals surface area contributed by atoms with Crippen molar-refractivity contribution in [3.8, 4) is 12.1 Å². The van der Waals surface area contributed by atoms with Gasteiger partial charge in [0.05, 0.1) is 23.8 Å². The van der Waals surface area contributed by atoms with Crippen molar-refractivity contribution in [2.75, 3.05) is 38.1 Å². The van der Waals surface area contributed by atoms with Crippen LogP contribution in [-0.4, -0.2) is 43.1 Å². The average molecular weight is 431 g/mol. The highest BCUT2D eigenvalue weighted by Gasteiger charge is 2.24. The first-order valence-corrected chi connectivity index (χ1v) is 11.4. The number of pyridine rings is 1. The molecule has 1 aromatic carbocycles. The molecule has 2 aromatic rings. The second kappa shape index (κ2) is 10.3. The first kappa shape index (κ1) is 22.6. The molecule has 1 aliphatic rings. The van der Waals surface area contributed by atoms with Gasteiger partial charge in [-0.1, -0.05) is 19.1 Å². The summed E-state index contributed by atoms with van der Waals surface area (Å²) < 4.78 is 0. The van der Waals surface area contributed by atoms with Gasteiger partial charge in [-0.2, -0.15) is 10.5 Å². The Labute approximate surface area is 188 Å².